The molecular formula is C15H18O4S. The Bertz CT molecular complexity index is 635. The van der Waals surface area contributed by atoms with Crippen molar-refractivity contribution in [2.45, 2.75) is 25.2 Å². The Morgan fingerprint density at radius 3 is 2.85 bits per heavy atom. The highest BCUT2D eigenvalue weighted by molar-refractivity contribution is 7.98. The molecule has 0 amide bonds. The summed E-state index contributed by atoms with van der Waals surface area (Å²) in [5.41, 5.74) is 2.27. The van der Waals surface area contributed by atoms with Crippen LogP contribution in [-0.4, -0.2) is 28.7 Å². The lowest BCUT2D eigenvalue weighted by atomic mass is 10.1. The predicted molar refractivity (Wildman–Crippen MR) is 81.1 cm³/mol. The molecule has 0 aliphatic rings. The van der Waals surface area contributed by atoms with E-state index in [2.05, 4.69) is 6.92 Å². The Hall–Kier alpha value is -1.30. The lowest BCUT2D eigenvalue weighted by Gasteiger charge is -2.08. The second-order valence-corrected chi connectivity index (χ2v) is 5.66. The lowest BCUT2D eigenvalue weighted by Crippen LogP contribution is -2.14. The van der Waals surface area contributed by atoms with E-state index >= 15 is 0 Å². The maximum atomic E-state index is 11.6. The van der Waals surface area contributed by atoms with Gasteiger partial charge in [0.2, 0.25) is 0 Å². The van der Waals surface area contributed by atoms with E-state index in [1.54, 1.807) is 0 Å². The summed E-state index contributed by atoms with van der Waals surface area (Å²) in [6.45, 7) is 1.81. The monoisotopic (exact) mass is 294 g/mol. The smallest absolute Gasteiger partial charge is 0.336 e. The molecule has 2 aromatic rings. The van der Waals surface area contributed by atoms with Crippen LogP contribution in [0.2, 0.25) is 0 Å². The van der Waals surface area contributed by atoms with E-state index in [9.17, 15) is 9.90 Å². The van der Waals surface area contributed by atoms with Crippen LogP contribution in [0.15, 0.2) is 33.5 Å². The van der Waals surface area contributed by atoms with Crippen LogP contribution in [-0.2, 0) is 12.2 Å². The fraction of sp³-hybridized carbons (Fsp3) is 0.400. The molecule has 0 saturated carbocycles. The Morgan fingerprint density at radius 2 is 2.15 bits per heavy atom. The number of aryl methyl sites for hydroxylation is 1. The first-order valence-electron chi connectivity index (χ1n) is 6.56. The highest BCUT2D eigenvalue weighted by Gasteiger charge is 2.08. The average Bonchev–Trinajstić information content (AvgIpc) is 2.45. The number of rotatable bonds is 6. The molecule has 0 fully saturated rings. The van der Waals surface area contributed by atoms with Crippen LogP contribution in [0, 0.1) is 0 Å². The molecule has 1 atom stereocenters. The van der Waals surface area contributed by atoms with Crippen LogP contribution in [0.25, 0.3) is 11.0 Å². The molecule has 0 unspecified atom stereocenters. The van der Waals surface area contributed by atoms with Crippen LogP contribution < -0.4 is 5.63 Å². The van der Waals surface area contributed by atoms with Gasteiger partial charge in [-0.05, 0) is 23.6 Å². The first kappa shape index (κ1) is 15.1. The van der Waals surface area contributed by atoms with Gasteiger partial charge in [0.05, 0.1) is 12.7 Å². The number of hydrogen-bond acceptors (Lipinski definition) is 5. The minimum atomic E-state index is -0.724. The van der Waals surface area contributed by atoms with Crippen LogP contribution in [0.5, 0.6) is 0 Å². The number of fused-ring (bicyclic) bond motifs is 1. The zero-order valence-electron chi connectivity index (χ0n) is 11.3. The first-order chi connectivity index (χ1) is 9.63. The minimum absolute atomic E-state index is 0.245. The number of hydrogen-bond donors (Lipinski definition) is 2. The molecule has 5 heteroatoms. The molecule has 2 rings (SSSR count). The van der Waals surface area contributed by atoms with E-state index in [-0.39, 0.29) is 12.2 Å². The van der Waals surface area contributed by atoms with Crippen molar-refractivity contribution in [3.05, 3.63) is 45.8 Å². The van der Waals surface area contributed by atoms with Gasteiger partial charge in [-0.3, -0.25) is 0 Å². The van der Waals surface area contributed by atoms with E-state index in [1.165, 1.54) is 17.8 Å². The number of aliphatic hydroxyl groups excluding tert-OH is 2. The van der Waals surface area contributed by atoms with Crippen molar-refractivity contribution in [2.24, 2.45) is 0 Å². The second kappa shape index (κ2) is 6.92. The lowest BCUT2D eigenvalue weighted by molar-refractivity contribution is 0.113. The van der Waals surface area contributed by atoms with Gasteiger partial charge in [-0.2, -0.15) is 11.8 Å². The zero-order chi connectivity index (χ0) is 14.5. The molecule has 0 spiro atoms. The Kier molecular flexibility index (Phi) is 5.23. The topological polar surface area (TPSA) is 70.7 Å². The fourth-order valence-corrected chi connectivity index (χ4v) is 2.93. The van der Waals surface area contributed by atoms with Crippen molar-refractivity contribution in [1.29, 1.82) is 0 Å². The van der Waals surface area contributed by atoms with E-state index < -0.39 is 6.10 Å². The van der Waals surface area contributed by atoms with Gasteiger partial charge >= 0.3 is 5.63 Å². The summed E-state index contributed by atoms with van der Waals surface area (Å²) in [5.74, 6) is 1.04. The van der Waals surface area contributed by atoms with Gasteiger partial charge in [0, 0.05) is 23.0 Å². The third-order valence-corrected chi connectivity index (χ3v) is 4.22. The molecule has 0 bridgehead atoms. The summed E-state index contributed by atoms with van der Waals surface area (Å²) in [7, 11) is 0. The first-order valence-corrected chi connectivity index (χ1v) is 7.71. The third-order valence-electron chi connectivity index (χ3n) is 3.08. The molecule has 0 saturated heterocycles. The van der Waals surface area contributed by atoms with E-state index in [0.717, 1.165) is 22.9 Å². The standard InChI is InChI=1S/C15H18O4S/c1-2-10-3-4-13-11(8-20-9-12(17)7-16)6-15(18)19-14(13)5-10/h3-6,12,16-17H,2,7-9H2,1H3/t12-/m0/s1. The van der Waals surface area contributed by atoms with E-state index in [1.807, 2.05) is 18.2 Å². The van der Waals surface area contributed by atoms with Crippen molar-refractivity contribution < 1.29 is 14.6 Å². The molecule has 2 N–H and O–H groups in total. The summed E-state index contributed by atoms with van der Waals surface area (Å²) < 4.78 is 5.24. The number of aliphatic hydroxyl groups is 2. The van der Waals surface area contributed by atoms with Crippen molar-refractivity contribution >= 4 is 22.7 Å². The van der Waals surface area contributed by atoms with Gasteiger partial charge in [-0.25, -0.2) is 4.79 Å². The van der Waals surface area contributed by atoms with Gasteiger partial charge in [0.15, 0.2) is 0 Å². The highest BCUT2D eigenvalue weighted by atomic mass is 32.2. The normalized spacial score (nSPS) is 12.8. The van der Waals surface area contributed by atoms with Crippen molar-refractivity contribution in [3.8, 4) is 0 Å². The molecule has 0 aliphatic heterocycles. The summed E-state index contributed by atoms with van der Waals surface area (Å²) in [6.07, 6.45) is 0.166. The number of benzene rings is 1. The van der Waals surface area contributed by atoms with Crippen molar-refractivity contribution in [2.75, 3.05) is 12.4 Å². The number of thioether (sulfide) groups is 1. The minimum Gasteiger partial charge on any atom is -0.423 e. The summed E-state index contributed by atoms with van der Waals surface area (Å²) in [4.78, 5) is 11.6. The van der Waals surface area contributed by atoms with E-state index in [4.69, 9.17) is 9.52 Å². The maximum Gasteiger partial charge on any atom is 0.336 e. The molecule has 1 aromatic heterocycles. The van der Waals surface area contributed by atoms with Crippen LogP contribution in [0.3, 0.4) is 0 Å². The SMILES string of the molecule is CCc1ccc2c(CSC[C@@H](O)CO)cc(=O)oc2c1. The Balaban J connectivity index is 2.26. The van der Waals surface area contributed by atoms with Crippen LogP contribution in [0.4, 0.5) is 0 Å². The van der Waals surface area contributed by atoms with Crippen molar-refractivity contribution in [1.82, 2.24) is 0 Å². The Labute approximate surface area is 121 Å². The molecule has 0 radical (unpaired) electrons. The largest absolute Gasteiger partial charge is 0.423 e. The predicted octanol–water partition coefficient (Wildman–Crippen LogP) is 1.94. The maximum absolute atomic E-state index is 11.6. The highest BCUT2D eigenvalue weighted by Crippen LogP contribution is 2.23. The van der Waals surface area contributed by atoms with Crippen LogP contribution >= 0.6 is 11.8 Å². The third kappa shape index (κ3) is 3.62. The van der Waals surface area contributed by atoms with Gasteiger partial charge in [-0.1, -0.05) is 19.1 Å². The van der Waals surface area contributed by atoms with Gasteiger partial charge in [-0.15, -0.1) is 0 Å². The molecule has 4 nitrogen and oxygen atoms in total. The van der Waals surface area contributed by atoms with Gasteiger partial charge < -0.3 is 14.6 Å². The molecule has 108 valence electrons. The van der Waals surface area contributed by atoms with Gasteiger partial charge in [0.25, 0.3) is 0 Å². The van der Waals surface area contributed by atoms with Crippen LogP contribution in [0.1, 0.15) is 18.1 Å². The fourth-order valence-electron chi connectivity index (χ4n) is 1.97. The second-order valence-electron chi connectivity index (χ2n) is 4.63. The molecule has 1 aromatic carbocycles. The molecule has 0 aliphatic carbocycles. The molecule has 1 heterocycles. The zero-order valence-corrected chi connectivity index (χ0v) is 12.2. The molecule has 20 heavy (non-hydrogen) atoms. The quantitative estimate of drug-likeness (QED) is 0.797. The van der Waals surface area contributed by atoms with E-state index in [0.29, 0.717) is 17.1 Å². The molecular weight excluding hydrogens is 276 g/mol. The summed E-state index contributed by atoms with van der Waals surface area (Å²) in [5, 5.41) is 19.0. The summed E-state index contributed by atoms with van der Waals surface area (Å²) >= 11 is 1.48. The van der Waals surface area contributed by atoms with Crippen molar-refractivity contribution in [3.63, 3.8) is 0 Å². The summed E-state index contributed by atoms with van der Waals surface area (Å²) in [6, 6.07) is 7.38. The Morgan fingerprint density at radius 1 is 1.35 bits per heavy atom. The average molecular weight is 294 g/mol. The van der Waals surface area contributed by atoms with Gasteiger partial charge in [0.1, 0.15) is 5.58 Å².